The number of nitrogens with zero attached hydrogens (tertiary/aromatic N) is 4. The molecule has 1 aromatic heterocycles. The van der Waals surface area contributed by atoms with Crippen LogP contribution in [0, 0.1) is 0 Å². The van der Waals surface area contributed by atoms with Gasteiger partial charge in [0.15, 0.2) is 5.82 Å². The van der Waals surface area contributed by atoms with Gasteiger partial charge < -0.3 is 15.4 Å². The Morgan fingerprint density at radius 3 is 3.14 bits per heavy atom. The van der Waals surface area contributed by atoms with E-state index in [2.05, 4.69) is 26.2 Å². The molecule has 1 unspecified atom stereocenters. The lowest BCUT2D eigenvalue weighted by Crippen LogP contribution is -2.48. The van der Waals surface area contributed by atoms with Gasteiger partial charge in [-0.05, 0) is 22.6 Å². The van der Waals surface area contributed by atoms with Gasteiger partial charge >= 0.3 is 0 Å². The van der Waals surface area contributed by atoms with Gasteiger partial charge in [-0.2, -0.15) is 0 Å². The van der Waals surface area contributed by atoms with Gasteiger partial charge in [-0.1, -0.05) is 12.1 Å². The van der Waals surface area contributed by atoms with Crippen LogP contribution in [0.25, 0.3) is 11.4 Å². The summed E-state index contributed by atoms with van der Waals surface area (Å²) >= 11 is 0. The quantitative estimate of drug-likeness (QED) is 0.812. The first-order chi connectivity index (χ1) is 10.2. The topological polar surface area (TPSA) is 94.0 Å². The maximum absolute atomic E-state index is 12.1. The highest BCUT2D eigenvalue weighted by Gasteiger charge is 2.21. The van der Waals surface area contributed by atoms with Crippen molar-refractivity contribution < 1.29 is 9.53 Å². The van der Waals surface area contributed by atoms with Crippen molar-refractivity contribution in [3.8, 4) is 11.4 Å². The van der Waals surface area contributed by atoms with Crippen LogP contribution in [-0.4, -0.2) is 51.9 Å². The Labute approximate surface area is 121 Å². The molecule has 2 N–H and O–H groups in total. The third-order valence-electron chi connectivity index (χ3n) is 3.25. The van der Waals surface area contributed by atoms with Gasteiger partial charge in [-0.3, -0.25) is 4.79 Å². The van der Waals surface area contributed by atoms with E-state index in [1.165, 1.54) is 0 Å². The van der Waals surface area contributed by atoms with Crippen LogP contribution in [0.15, 0.2) is 24.3 Å². The second-order valence-electron chi connectivity index (χ2n) is 4.78. The number of amides is 1. The molecule has 1 aliphatic heterocycles. The smallest absolute Gasteiger partial charge is 0.243 e. The number of aromatic nitrogens is 4. The Hall–Kier alpha value is -2.32. The maximum atomic E-state index is 12.1. The molecule has 3 rings (SSSR count). The van der Waals surface area contributed by atoms with Gasteiger partial charge in [0.2, 0.25) is 5.91 Å². The zero-order valence-corrected chi connectivity index (χ0v) is 11.6. The van der Waals surface area contributed by atoms with Gasteiger partial charge in [-0.15, -0.1) is 5.10 Å². The summed E-state index contributed by atoms with van der Waals surface area (Å²) in [6, 6.07) is 7.09. The molecule has 0 bridgehead atoms. The number of ether oxygens (including phenoxy) is 1. The summed E-state index contributed by atoms with van der Waals surface area (Å²) in [4.78, 5) is 12.1. The summed E-state index contributed by atoms with van der Waals surface area (Å²) in [6.45, 7) is 1.71. The summed E-state index contributed by atoms with van der Waals surface area (Å²) < 4.78 is 6.87. The molecule has 8 heteroatoms. The molecule has 8 nitrogen and oxygen atoms in total. The molecule has 1 aliphatic rings. The minimum Gasteiger partial charge on any atom is -0.378 e. The predicted molar refractivity (Wildman–Crippen MR) is 75.5 cm³/mol. The number of anilines is 1. The molecule has 0 spiro atoms. The summed E-state index contributed by atoms with van der Waals surface area (Å²) in [5.74, 6) is 0.535. The number of nitrogens with one attached hydrogen (secondary N) is 2. The highest BCUT2D eigenvalue weighted by atomic mass is 16.5. The summed E-state index contributed by atoms with van der Waals surface area (Å²) in [6.07, 6.45) is 0. The summed E-state index contributed by atoms with van der Waals surface area (Å²) in [5.41, 5.74) is 1.54. The predicted octanol–water partition coefficient (Wildman–Crippen LogP) is -0.196. The van der Waals surface area contributed by atoms with Gasteiger partial charge in [0, 0.05) is 24.8 Å². The van der Waals surface area contributed by atoms with Crippen molar-refractivity contribution >= 4 is 11.6 Å². The zero-order chi connectivity index (χ0) is 14.7. The normalized spacial score (nSPS) is 18.4. The molecule has 2 heterocycles. The Balaban J connectivity index is 1.74. The molecule has 21 heavy (non-hydrogen) atoms. The van der Waals surface area contributed by atoms with Crippen molar-refractivity contribution in [1.82, 2.24) is 25.5 Å². The number of morpholine rings is 1. The van der Waals surface area contributed by atoms with Crippen LogP contribution >= 0.6 is 0 Å². The van der Waals surface area contributed by atoms with E-state index in [4.69, 9.17) is 4.74 Å². The second kappa shape index (κ2) is 5.98. The number of tetrazole rings is 1. The van der Waals surface area contributed by atoms with E-state index < -0.39 is 0 Å². The number of hydrogen-bond acceptors (Lipinski definition) is 6. The van der Waals surface area contributed by atoms with Crippen LogP contribution in [0.2, 0.25) is 0 Å². The molecule has 1 fully saturated rings. The molecule has 1 aromatic carbocycles. The Morgan fingerprint density at radius 1 is 1.52 bits per heavy atom. The molecule has 1 amide bonds. The van der Waals surface area contributed by atoms with Crippen LogP contribution in [0.4, 0.5) is 5.69 Å². The summed E-state index contributed by atoms with van der Waals surface area (Å²) in [7, 11) is 1.77. The fourth-order valence-electron chi connectivity index (χ4n) is 2.17. The van der Waals surface area contributed by atoms with Crippen molar-refractivity contribution in [1.29, 1.82) is 0 Å². The van der Waals surface area contributed by atoms with Crippen molar-refractivity contribution in [3.63, 3.8) is 0 Å². The van der Waals surface area contributed by atoms with Crippen LogP contribution in [-0.2, 0) is 16.6 Å². The maximum Gasteiger partial charge on any atom is 0.243 e. The number of carbonyl (C=O) groups is 1. The second-order valence-corrected chi connectivity index (χ2v) is 4.78. The molecule has 1 saturated heterocycles. The average Bonchev–Trinajstić information content (AvgIpc) is 2.94. The Bertz CT molecular complexity index is 635. The van der Waals surface area contributed by atoms with Gasteiger partial charge in [-0.25, -0.2) is 4.68 Å². The number of rotatable bonds is 3. The molecular weight excluding hydrogens is 272 g/mol. The van der Waals surface area contributed by atoms with E-state index in [1.54, 1.807) is 11.7 Å². The van der Waals surface area contributed by atoms with E-state index in [9.17, 15) is 4.79 Å². The van der Waals surface area contributed by atoms with E-state index in [-0.39, 0.29) is 11.9 Å². The van der Waals surface area contributed by atoms with Crippen LogP contribution in [0.3, 0.4) is 0 Å². The highest BCUT2D eigenvalue weighted by molar-refractivity contribution is 5.95. The van der Waals surface area contributed by atoms with Crippen LogP contribution in [0.5, 0.6) is 0 Å². The molecule has 2 aromatic rings. The molecule has 0 radical (unpaired) electrons. The van der Waals surface area contributed by atoms with E-state index in [0.717, 1.165) is 5.56 Å². The Kier molecular flexibility index (Phi) is 3.89. The van der Waals surface area contributed by atoms with Crippen molar-refractivity contribution in [2.75, 3.05) is 25.1 Å². The first-order valence-electron chi connectivity index (χ1n) is 6.69. The molecule has 1 atom stereocenters. The highest BCUT2D eigenvalue weighted by Crippen LogP contribution is 2.19. The minimum atomic E-state index is -0.320. The molecule has 0 saturated carbocycles. The fourth-order valence-corrected chi connectivity index (χ4v) is 2.17. The van der Waals surface area contributed by atoms with Crippen molar-refractivity contribution in [2.45, 2.75) is 6.04 Å². The number of carbonyl (C=O) groups excluding carboxylic acids is 1. The first-order valence-corrected chi connectivity index (χ1v) is 6.69. The van der Waals surface area contributed by atoms with Gasteiger partial charge in [0.05, 0.1) is 13.2 Å². The SMILES string of the molecule is Cn1nnnc1-c1cccc(NC(=O)C2COCCN2)c1. The van der Waals surface area contributed by atoms with Crippen molar-refractivity contribution in [3.05, 3.63) is 24.3 Å². The zero-order valence-electron chi connectivity index (χ0n) is 11.6. The van der Waals surface area contributed by atoms with Gasteiger partial charge in [0.1, 0.15) is 6.04 Å². The lowest BCUT2D eigenvalue weighted by molar-refractivity contribution is -0.120. The third-order valence-corrected chi connectivity index (χ3v) is 3.25. The summed E-state index contributed by atoms with van der Waals surface area (Å²) in [5, 5.41) is 17.4. The largest absolute Gasteiger partial charge is 0.378 e. The monoisotopic (exact) mass is 288 g/mol. The number of hydrogen-bond donors (Lipinski definition) is 2. The lowest BCUT2D eigenvalue weighted by Gasteiger charge is -2.22. The van der Waals surface area contributed by atoms with E-state index in [0.29, 0.717) is 31.3 Å². The van der Waals surface area contributed by atoms with Gasteiger partial charge in [0.25, 0.3) is 0 Å². The van der Waals surface area contributed by atoms with Crippen molar-refractivity contribution in [2.24, 2.45) is 7.05 Å². The van der Waals surface area contributed by atoms with Crippen LogP contribution < -0.4 is 10.6 Å². The lowest BCUT2D eigenvalue weighted by atomic mass is 10.1. The minimum absolute atomic E-state index is 0.108. The Morgan fingerprint density at radius 2 is 2.43 bits per heavy atom. The fraction of sp³-hybridized carbons (Fsp3) is 0.385. The molecule has 0 aliphatic carbocycles. The van der Waals surface area contributed by atoms with Crippen LogP contribution in [0.1, 0.15) is 0 Å². The van der Waals surface area contributed by atoms with E-state index >= 15 is 0 Å². The van der Waals surface area contributed by atoms with E-state index in [1.807, 2.05) is 24.3 Å². The third kappa shape index (κ3) is 3.06. The standard InChI is InChI=1S/C13H16N6O2/c1-19-12(16-17-18-19)9-3-2-4-10(7-9)15-13(20)11-8-21-6-5-14-11/h2-4,7,11,14H,5-6,8H2,1H3,(H,15,20). The average molecular weight is 288 g/mol. The molecular formula is C13H16N6O2. The number of benzene rings is 1. The molecule has 110 valence electrons. The number of aryl methyl sites for hydroxylation is 1. The first kappa shape index (κ1) is 13.7.